The molecule has 0 unspecified atom stereocenters. The van der Waals surface area contributed by atoms with E-state index in [1.165, 1.54) is 6.07 Å². The van der Waals surface area contributed by atoms with E-state index in [-0.39, 0.29) is 12.3 Å². The Labute approximate surface area is 116 Å². The SMILES string of the molecule is CCn1nc(C(=O)O)cc1COc1ccccc1OC. The Hall–Kier alpha value is -2.50. The number of nitrogens with zero attached hydrogens (tertiary/aromatic N) is 2. The number of para-hydroxylation sites is 2. The van der Waals surface area contributed by atoms with Gasteiger partial charge in [-0.1, -0.05) is 12.1 Å². The van der Waals surface area contributed by atoms with Gasteiger partial charge >= 0.3 is 5.97 Å². The van der Waals surface area contributed by atoms with E-state index in [1.54, 1.807) is 23.9 Å². The first-order valence-electron chi connectivity index (χ1n) is 6.21. The molecular formula is C14H16N2O4. The van der Waals surface area contributed by atoms with Crippen LogP contribution < -0.4 is 9.47 Å². The molecule has 106 valence electrons. The highest BCUT2D eigenvalue weighted by Crippen LogP contribution is 2.26. The molecule has 0 fully saturated rings. The molecule has 20 heavy (non-hydrogen) atoms. The number of carboxylic acid groups (broad SMARTS) is 1. The number of aryl methyl sites for hydroxylation is 1. The topological polar surface area (TPSA) is 73.6 Å². The lowest BCUT2D eigenvalue weighted by Crippen LogP contribution is -2.07. The Morgan fingerprint density at radius 2 is 2.05 bits per heavy atom. The molecule has 6 heteroatoms. The van der Waals surface area contributed by atoms with E-state index >= 15 is 0 Å². The predicted octanol–water partition coefficient (Wildman–Crippen LogP) is 2.19. The summed E-state index contributed by atoms with van der Waals surface area (Å²) in [4.78, 5) is 10.9. The zero-order chi connectivity index (χ0) is 14.5. The van der Waals surface area contributed by atoms with Gasteiger partial charge in [-0.25, -0.2) is 4.79 Å². The number of hydrogen-bond acceptors (Lipinski definition) is 4. The summed E-state index contributed by atoms with van der Waals surface area (Å²) in [5.74, 6) is 0.194. The lowest BCUT2D eigenvalue weighted by molar-refractivity contribution is 0.0689. The summed E-state index contributed by atoms with van der Waals surface area (Å²) in [6.07, 6.45) is 0. The number of carbonyl (C=O) groups is 1. The zero-order valence-corrected chi connectivity index (χ0v) is 11.4. The largest absolute Gasteiger partial charge is 0.493 e. The molecule has 0 saturated carbocycles. The zero-order valence-electron chi connectivity index (χ0n) is 11.4. The van der Waals surface area contributed by atoms with E-state index in [9.17, 15) is 4.79 Å². The first kappa shape index (κ1) is 13.9. The smallest absolute Gasteiger partial charge is 0.356 e. The molecular weight excluding hydrogens is 260 g/mol. The van der Waals surface area contributed by atoms with E-state index in [2.05, 4.69) is 5.10 Å². The van der Waals surface area contributed by atoms with Crippen LogP contribution in [0.3, 0.4) is 0 Å². The van der Waals surface area contributed by atoms with Crippen molar-refractivity contribution >= 4 is 5.97 Å². The second-order valence-electron chi connectivity index (χ2n) is 4.08. The standard InChI is InChI=1S/C14H16N2O4/c1-3-16-10(8-11(15-16)14(17)18)9-20-13-7-5-4-6-12(13)19-2/h4-8H,3,9H2,1-2H3,(H,17,18). The number of benzene rings is 1. The van der Waals surface area contributed by atoms with Crippen LogP contribution in [-0.4, -0.2) is 28.0 Å². The third-order valence-corrected chi connectivity index (χ3v) is 2.83. The summed E-state index contributed by atoms with van der Waals surface area (Å²) in [7, 11) is 1.57. The van der Waals surface area contributed by atoms with Crippen LogP contribution in [0.15, 0.2) is 30.3 Å². The minimum atomic E-state index is -1.05. The van der Waals surface area contributed by atoms with E-state index in [0.29, 0.717) is 23.7 Å². The normalized spacial score (nSPS) is 10.3. The quantitative estimate of drug-likeness (QED) is 0.875. The van der Waals surface area contributed by atoms with E-state index in [1.807, 2.05) is 19.1 Å². The van der Waals surface area contributed by atoms with Gasteiger partial charge in [-0.3, -0.25) is 4.68 Å². The van der Waals surface area contributed by atoms with Crippen LogP contribution in [0.5, 0.6) is 11.5 Å². The van der Waals surface area contributed by atoms with Gasteiger partial charge in [0.2, 0.25) is 0 Å². The highest BCUT2D eigenvalue weighted by Gasteiger charge is 2.13. The van der Waals surface area contributed by atoms with E-state index in [4.69, 9.17) is 14.6 Å². The summed E-state index contributed by atoms with van der Waals surface area (Å²) in [5.41, 5.74) is 0.723. The molecule has 2 aromatic rings. The summed E-state index contributed by atoms with van der Waals surface area (Å²) < 4.78 is 12.5. The number of aromatic nitrogens is 2. The Kier molecular flexibility index (Phi) is 4.24. The maximum absolute atomic E-state index is 10.9. The monoisotopic (exact) mass is 276 g/mol. The second-order valence-corrected chi connectivity index (χ2v) is 4.08. The fourth-order valence-electron chi connectivity index (χ4n) is 1.84. The molecule has 0 saturated heterocycles. The Morgan fingerprint density at radius 3 is 2.65 bits per heavy atom. The first-order valence-corrected chi connectivity index (χ1v) is 6.21. The third kappa shape index (κ3) is 2.90. The van der Waals surface area contributed by atoms with Crippen LogP contribution >= 0.6 is 0 Å². The van der Waals surface area contributed by atoms with Crippen LogP contribution in [0, 0.1) is 0 Å². The molecule has 6 nitrogen and oxygen atoms in total. The van der Waals surface area contributed by atoms with Gasteiger partial charge in [-0.2, -0.15) is 5.10 Å². The van der Waals surface area contributed by atoms with Crippen molar-refractivity contribution in [3.05, 3.63) is 41.7 Å². The molecule has 0 aliphatic heterocycles. The van der Waals surface area contributed by atoms with Crippen molar-refractivity contribution in [2.24, 2.45) is 0 Å². The fourth-order valence-corrected chi connectivity index (χ4v) is 1.84. The van der Waals surface area contributed by atoms with Crippen molar-refractivity contribution in [3.8, 4) is 11.5 Å². The highest BCUT2D eigenvalue weighted by atomic mass is 16.5. The molecule has 0 atom stereocenters. The summed E-state index contributed by atoms with van der Waals surface area (Å²) in [6.45, 7) is 2.71. The van der Waals surface area contributed by atoms with Gasteiger partial charge in [-0.15, -0.1) is 0 Å². The molecule has 0 bridgehead atoms. The number of hydrogen-bond donors (Lipinski definition) is 1. The summed E-state index contributed by atoms with van der Waals surface area (Å²) in [6, 6.07) is 8.81. The predicted molar refractivity (Wildman–Crippen MR) is 72.2 cm³/mol. The summed E-state index contributed by atoms with van der Waals surface area (Å²) >= 11 is 0. The number of carboxylic acids is 1. The van der Waals surface area contributed by atoms with Crippen LogP contribution in [0.25, 0.3) is 0 Å². The van der Waals surface area contributed by atoms with Crippen molar-refractivity contribution in [2.45, 2.75) is 20.1 Å². The van der Waals surface area contributed by atoms with Crippen molar-refractivity contribution in [1.29, 1.82) is 0 Å². The average Bonchev–Trinajstić information content (AvgIpc) is 2.89. The molecule has 1 heterocycles. The molecule has 1 aromatic carbocycles. The second kappa shape index (κ2) is 6.10. The minimum absolute atomic E-state index is 0.0190. The fraction of sp³-hybridized carbons (Fsp3) is 0.286. The highest BCUT2D eigenvalue weighted by molar-refractivity contribution is 5.85. The van der Waals surface area contributed by atoms with Gasteiger partial charge in [-0.05, 0) is 25.1 Å². The van der Waals surface area contributed by atoms with Crippen LogP contribution in [-0.2, 0) is 13.2 Å². The molecule has 0 aliphatic carbocycles. The molecule has 0 radical (unpaired) electrons. The lowest BCUT2D eigenvalue weighted by Gasteiger charge is -2.10. The number of aromatic carboxylic acids is 1. The molecule has 1 N–H and O–H groups in total. The molecule has 1 aromatic heterocycles. The van der Waals surface area contributed by atoms with Crippen LogP contribution in [0.1, 0.15) is 23.1 Å². The molecule has 0 aliphatic rings. The third-order valence-electron chi connectivity index (χ3n) is 2.83. The number of methoxy groups -OCH3 is 1. The number of rotatable bonds is 6. The molecule has 2 rings (SSSR count). The van der Waals surface area contributed by atoms with Gasteiger partial charge in [0.25, 0.3) is 0 Å². The van der Waals surface area contributed by atoms with E-state index < -0.39 is 5.97 Å². The maximum atomic E-state index is 10.9. The maximum Gasteiger partial charge on any atom is 0.356 e. The van der Waals surface area contributed by atoms with E-state index in [0.717, 1.165) is 0 Å². The van der Waals surface area contributed by atoms with Gasteiger partial charge in [0.05, 0.1) is 12.8 Å². The van der Waals surface area contributed by atoms with Crippen LogP contribution in [0.2, 0.25) is 0 Å². The molecule has 0 spiro atoms. The van der Waals surface area contributed by atoms with Gasteiger partial charge < -0.3 is 14.6 Å². The van der Waals surface area contributed by atoms with Gasteiger partial charge in [0, 0.05) is 6.54 Å². The Balaban J connectivity index is 2.16. The first-order chi connectivity index (χ1) is 9.65. The van der Waals surface area contributed by atoms with Crippen molar-refractivity contribution in [1.82, 2.24) is 9.78 Å². The van der Waals surface area contributed by atoms with Gasteiger partial charge in [0.1, 0.15) is 6.61 Å². The molecule has 0 amide bonds. The Morgan fingerprint density at radius 1 is 1.35 bits per heavy atom. The van der Waals surface area contributed by atoms with Gasteiger partial charge in [0.15, 0.2) is 17.2 Å². The van der Waals surface area contributed by atoms with Crippen molar-refractivity contribution in [2.75, 3.05) is 7.11 Å². The lowest BCUT2D eigenvalue weighted by atomic mass is 10.3. The minimum Gasteiger partial charge on any atom is -0.493 e. The summed E-state index contributed by atoms with van der Waals surface area (Å²) in [5, 5.41) is 12.9. The average molecular weight is 276 g/mol. The van der Waals surface area contributed by atoms with Crippen molar-refractivity contribution in [3.63, 3.8) is 0 Å². The van der Waals surface area contributed by atoms with Crippen LogP contribution in [0.4, 0.5) is 0 Å². The van der Waals surface area contributed by atoms with Crippen molar-refractivity contribution < 1.29 is 19.4 Å². The number of ether oxygens (including phenoxy) is 2. The Bertz CT molecular complexity index is 607.